The van der Waals surface area contributed by atoms with Crippen LogP contribution in [0.4, 0.5) is 0 Å². The summed E-state index contributed by atoms with van der Waals surface area (Å²) < 4.78 is 31.7. The van der Waals surface area contributed by atoms with E-state index in [-0.39, 0.29) is 17.2 Å². The van der Waals surface area contributed by atoms with Crippen molar-refractivity contribution in [1.29, 1.82) is 0 Å². The Balaban J connectivity index is 1.63. The lowest BCUT2D eigenvalue weighted by molar-refractivity contribution is 0.0660. The molecule has 0 radical (unpaired) electrons. The molecule has 27 heavy (non-hydrogen) atoms. The molecule has 0 spiro atoms. The Bertz CT molecular complexity index is 927. The highest BCUT2D eigenvalue weighted by Gasteiger charge is 2.25. The molecule has 0 bridgehead atoms. The number of furan rings is 1. The minimum atomic E-state index is -3.53. The first-order chi connectivity index (χ1) is 12.9. The lowest BCUT2D eigenvalue weighted by Crippen LogP contribution is -2.35. The molecule has 1 saturated heterocycles. The first kappa shape index (κ1) is 19.1. The van der Waals surface area contributed by atoms with Gasteiger partial charge >= 0.3 is 5.97 Å². The standard InChI is InChI=1S/C18H20N2O6S/c21-17(19-12-14-6-9-16(26-14)18(22)23)13-4-7-15(8-5-13)27(24,25)20-10-2-1-3-11-20/h4-9H,1-3,10-12H2,(H,19,21)(H,22,23). The van der Waals surface area contributed by atoms with Gasteiger partial charge in [0, 0.05) is 18.7 Å². The van der Waals surface area contributed by atoms with E-state index in [1.807, 2.05) is 0 Å². The first-order valence-corrected chi connectivity index (χ1v) is 10.0. The molecule has 1 aromatic carbocycles. The van der Waals surface area contributed by atoms with Crippen LogP contribution >= 0.6 is 0 Å². The van der Waals surface area contributed by atoms with Crippen LogP contribution in [0.3, 0.4) is 0 Å². The van der Waals surface area contributed by atoms with E-state index >= 15 is 0 Å². The van der Waals surface area contributed by atoms with E-state index in [9.17, 15) is 18.0 Å². The van der Waals surface area contributed by atoms with E-state index in [4.69, 9.17) is 9.52 Å². The van der Waals surface area contributed by atoms with Crippen molar-refractivity contribution in [2.45, 2.75) is 30.7 Å². The third kappa shape index (κ3) is 4.37. The summed E-state index contributed by atoms with van der Waals surface area (Å²) in [4.78, 5) is 23.1. The highest BCUT2D eigenvalue weighted by atomic mass is 32.2. The predicted molar refractivity (Wildman–Crippen MR) is 95.9 cm³/mol. The Kier molecular flexibility index (Phi) is 5.62. The number of hydrogen-bond donors (Lipinski definition) is 2. The van der Waals surface area contributed by atoms with Crippen LogP contribution in [-0.2, 0) is 16.6 Å². The number of amides is 1. The van der Waals surface area contributed by atoms with Crippen molar-refractivity contribution in [3.05, 3.63) is 53.5 Å². The fourth-order valence-electron chi connectivity index (χ4n) is 2.89. The molecule has 2 aromatic rings. The second-order valence-corrected chi connectivity index (χ2v) is 8.18. The Morgan fingerprint density at radius 3 is 2.30 bits per heavy atom. The summed E-state index contributed by atoms with van der Waals surface area (Å²) in [5, 5.41) is 11.4. The quantitative estimate of drug-likeness (QED) is 0.777. The van der Waals surface area contributed by atoms with Gasteiger partial charge in [-0.3, -0.25) is 4.79 Å². The molecule has 3 rings (SSSR count). The average Bonchev–Trinajstić information content (AvgIpc) is 3.16. The largest absolute Gasteiger partial charge is 0.475 e. The highest BCUT2D eigenvalue weighted by Crippen LogP contribution is 2.21. The summed E-state index contributed by atoms with van der Waals surface area (Å²) in [5.41, 5.74) is 0.303. The van der Waals surface area contributed by atoms with Crippen molar-refractivity contribution in [2.24, 2.45) is 0 Å². The van der Waals surface area contributed by atoms with E-state index in [0.717, 1.165) is 19.3 Å². The van der Waals surface area contributed by atoms with Crippen LogP contribution < -0.4 is 5.32 Å². The van der Waals surface area contributed by atoms with Gasteiger partial charge in [0.1, 0.15) is 5.76 Å². The topological polar surface area (TPSA) is 117 Å². The van der Waals surface area contributed by atoms with Gasteiger partial charge in [-0.25, -0.2) is 13.2 Å². The highest BCUT2D eigenvalue weighted by molar-refractivity contribution is 7.89. The van der Waals surface area contributed by atoms with Crippen LogP contribution in [0, 0.1) is 0 Å². The maximum atomic E-state index is 12.6. The smallest absolute Gasteiger partial charge is 0.371 e. The van der Waals surface area contributed by atoms with Crippen LogP contribution in [0.25, 0.3) is 0 Å². The summed E-state index contributed by atoms with van der Waals surface area (Å²) in [6, 6.07) is 8.54. The van der Waals surface area contributed by atoms with Crippen LogP contribution in [0.15, 0.2) is 45.7 Å². The Morgan fingerprint density at radius 2 is 1.70 bits per heavy atom. The van der Waals surface area contributed by atoms with Crippen molar-refractivity contribution in [2.75, 3.05) is 13.1 Å². The summed E-state index contributed by atoms with van der Waals surface area (Å²) in [6.45, 7) is 1.07. The lowest BCUT2D eigenvalue weighted by atomic mass is 10.2. The molecule has 0 atom stereocenters. The zero-order valence-electron chi connectivity index (χ0n) is 14.6. The van der Waals surface area contributed by atoms with E-state index in [1.165, 1.54) is 40.7 Å². The van der Waals surface area contributed by atoms with E-state index in [0.29, 0.717) is 24.4 Å². The molecule has 1 aliphatic rings. The molecular formula is C18H20N2O6S. The van der Waals surface area contributed by atoms with Gasteiger partial charge in [-0.15, -0.1) is 0 Å². The van der Waals surface area contributed by atoms with E-state index in [2.05, 4.69) is 5.32 Å². The molecule has 1 aliphatic heterocycles. The molecule has 0 aliphatic carbocycles. The molecule has 144 valence electrons. The van der Waals surface area contributed by atoms with Gasteiger partial charge in [-0.05, 0) is 49.2 Å². The van der Waals surface area contributed by atoms with Crippen molar-refractivity contribution in [3.8, 4) is 0 Å². The van der Waals surface area contributed by atoms with Gasteiger partial charge in [0.2, 0.25) is 15.8 Å². The van der Waals surface area contributed by atoms with Gasteiger partial charge < -0.3 is 14.8 Å². The molecule has 0 saturated carbocycles. The van der Waals surface area contributed by atoms with Crippen molar-refractivity contribution in [1.82, 2.24) is 9.62 Å². The maximum Gasteiger partial charge on any atom is 0.371 e. The monoisotopic (exact) mass is 392 g/mol. The van der Waals surface area contributed by atoms with E-state index < -0.39 is 21.9 Å². The minimum Gasteiger partial charge on any atom is -0.475 e. The van der Waals surface area contributed by atoms with E-state index in [1.54, 1.807) is 0 Å². The number of nitrogens with one attached hydrogen (secondary N) is 1. The van der Waals surface area contributed by atoms with Gasteiger partial charge in [0.25, 0.3) is 5.91 Å². The summed E-state index contributed by atoms with van der Waals surface area (Å²) >= 11 is 0. The molecule has 8 nitrogen and oxygen atoms in total. The van der Waals surface area contributed by atoms with Gasteiger partial charge in [0.05, 0.1) is 11.4 Å². The number of aromatic carboxylic acids is 1. The fraction of sp³-hybridized carbons (Fsp3) is 0.333. The number of hydrogen-bond acceptors (Lipinski definition) is 5. The molecule has 9 heteroatoms. The second-order valence-electron chi connectivity index (χ2n) is 6.24. The van der Waals surface area contributed by atoms with Crippen LogP contribution in [0.5, 0.6) is 0 Å². The lowest BCUT2D eigenvalue weighted by Gasteiger charge is -2.25. The zero-order valence-corrected chi connectivity index (χ0v) is 15.4. The number of nitrogens with zero attached hydrogens (tertiary/aromatic N) is 1. The molecule has 1 fully saturated rings. The van der Waals surface area contributed by atoms with Crippen molar-refractivity contribution in [3.63, 3.8) is 0 Å². The number of carbonyl (C=O) groups is 2. The van der Waals surface area contributed by atoms with Gasteiger partial charge in [-0.1, -0.05) is 6.42 Å². The average molecular weight is 392 g/mol. The molecule has 1 aromatic heterocycles. The summed E-state index contributed by atoms with van der Waals surface area (Å²) in [6.07, 6.45) is 2.75. The number of carboxylic acids is 1. The fourth-order valence-corrected chi connectivity index (χ4v) is 4.41. The molecule has 1 amide bonds. The summed E-state index contributed by atoms with van der Waals surface area (Å²) in [5.74, 6) is -1.49. The summed E-state index contributed by atoms with van der Waals surface area (Å²) in [7, 11) is -3.53. The minimum absolute atomic E-state index is 0.0277. The van der Waals surface area contributed by atoms with Crippen molar-refractivity contribution < 1.29 is 27.5 Å². The normalized spacial score (nSPS) is 15.4. The SMILES string of the molecule is O=C(NCc1ccc(C(=O)O)o1)c1ccc(S(=O)(=O)N2CCCCC2)cc1. The van der Waals surface area contributed by atoms with Crippen LogP contribution in [-0.4, -0.2) is 42.8 Å². The molecule has 2 heterocycles. The Labute approximate surface area is 156 Å². The van der Waals surface area contributed by atoms with Gasteiger partial charge in [0.15, 0.2) is 0 Å². The number of sulfonamides is 1. The number of rotatable bonds is 6. The van der Waals surface area contributed by atoms with Crippen LogP contribution in [0.1, 0.15) is 45.9 Å². The Hall–Kier alpha value is -2.65. The number of piperidine rings is 1. The number of carboxylic acid groups (broad SMARTS) is 1. The van der Waals surface area contributed by atoms with Crippen LogP contribution in [0.2, 0.25) is 0 Å². The third-order valence-corrected chi connectivity index (χ3v) is 6.28. The first-order valence-electron chi connectivity index (χ1n) is 8.58. The second kappa shape index (κ2) is 7.93. The van der Waals surface area contributed by atoms with Gasteiger partial charge in [-0.2, -0.15) is 4.31 Å². The van der Waals surface area contributed by atoms with Crippen molar-refractivity contribution >= 4 is 21.9 Å². The molecule has 0 unspecified atom stereocenters. The Morgan fingerprint density at radius 1 is 1.04 bits per heavy atom. The molecular weight excluding hydrogens is 372 g/mol. The third-order valence-electron chi connectivity index (χ3n) is 4.36. The zero-order chi connectivity index (χ0) is 19.4. The number of carbonyl (C=O) groups excluding carboxylic acids is 1. The predicted octanol–water partition coefficient (Wildman–Crippen LogP) is 2.08. The molecule has 2 N–H and O–H groups in total. The maximum absolute atomic E-state index is 12.6. The number of benzene rings is 1.